The molecule has 1 fully saturated rings. The average molecular weight is 533 g/mol. The van der Waals surface area contributed by atoms with Gasteiger partial charge >= 0.3 is 5.97 Å². The van der Waals surface area contributed by atoms with Gasteiger partial charge in [0.05, 0.1) is 36.1 Å². The van der Waals surface area contributed by atoms with Crippen molar-refractivity contribution in [3.05, 3.63) is 106 Å². The maximum absolute atomic E-state index is 11.9. The monoisotopic (exact) mass is 532 g/mol. The third kappa shape index (κ3) is 4.43. The molecule has 2 aromatic carbocycles. The zero-order valence-corrected chi connectivity index (χ0v) is 22.0. The van der Waals surface area contributed by atoms with Crippen molar-refractivity contribution in [3.63, 3.8) is 0 Å². The average Bonchev–Trinajstić information content (AvgIpc) is 3.40. The SMILES string of the molecule is COC(=O)c1ccc(-n2c(C)cc(C3C(c4ccccn4)NC(=S)N3c3cc(Cl)ccc3O)c2C)cc1. The third-order valence-electron chi connectivity index (χ3n) is 6.63. The highest BCUT2D eigenvalue weighted by Crippen LogP contribution is 2.46. The molecule has 7 nitrogen and oxygen atoms in total. The van der Waals surface area contributed by atoms with Gasteiger partial charge in [-0.05, 0) is 92.3 Å². The molecular formula is C28H25ClN4O3S. The van der Waals surface area contributed by atoms with Gasteiger partial charge in [0.2, 0.25) is 0 Å². The van der Waals surface area contributed by atoms with Gasteiger partial charge in [0, 0.05) is 28.3 Å². The molecule has 0 bridgehead atoms. The van der Waals surface area contributed by atoms with Crippen LogP contribution in [0, 0.1) is 13.8 Å². The smallest absolute Gasteiger partial charge is 0.337 e. The second-order valence-electron chi connectivity index (χ2n) is 8.83. The van der Waals surface area contributed by atoms with Crippen molar-refractivity contribution in [1.29, 1.82) is 0 Å². The van der Waals surface area contributed by atoms with Crippen molar-refractivity contribution in [2.75, 3.05) is 12.0 Å². The summed E-state index contributed by atoms with van der Waals surface area (Å²) < 4.78 is 6.96. The van der Waals surface area contributed by atoms with E-state index >= 15 is 0 Å². The van der Waals surface area contributed by atoms with E-state index in [2.05, 4.69) is 20.9 Å². The number of carbonyl (C=O) groups excluding carboxylic acids is 1. The topological polar surface area (TPSA) is 79.6 Å². The molecule has 9 heteroatoms. The molecule has 2 aromatic heterocycles. The summed E-state index contributed by atoms with van der Waals surface area (Å²) in [5, 5.41) is 15.2. The minimum Gasteiger partial charge on any atom is -0.506 e. The number of halogens is 1. The number of pyridine rings is 1. The van der Waals surface area contributed by atoms with E-state index in [1.54, 1.807) is 36.5 Å². The number of aromatic hydroxyl groups is 1. The molecule has 3 heterocycles. The zero-order valence-electron chi connectivity index (χ0n) is 20.5. The summed E-state index contributed by atoms with van der Waals surface area (Å²) in [5.74, 6) is -0.304. The number of nitrogens with zero attached hydrogens (tertiary/aromatic N) is 3. The summed E-state index contributed by atoms with van der Waals surface area (Å²) in [6.45, 7) is 4.08. The Balaban J connectivity index is 1.66. The van der Waals surface area contributed by atoms with Crippen LogP contribution in [0.2, 0.25) is 5.02 Å². The number of thiocarbonyl (C=S) groups is 1. The molecule has 4 aromatic rings. The van der Waals surface area contributed by atoms with E-state index in [9.17, 15) is 9.90 Å². The maximum atomic E-state index is 11.9. The minimum atomic E-state index is -0.381. The summed E-state index contributed by atoms with van der Waals surface area (Å²) in [6.07, 6.45) is 1.75. The van der Waals surface area contributed by atoms with Crippen LogP contribution in [0.1, 0.15) is 45.1 Å². The van der Waals surface area contributed by atoms with Crippen LogP contribution in [0.4, 0.5) is 5.69 Å². The van der Waals surface area contributed by atoms with Gasteiger partial charge in [0.1, 0.15) is 5.75 Å². The molecular weight excluding hydrogens is 508 g/mol. The molecule has 0 saturated carbocycles. The van der Waals surface area contributed by atoms with Crippen molar-refractivity contribution in [2.24, 2.45) is 0 Å². The number of hydrogen-bond donors (Lipinski definition) is 2. The van der Waals surface area contributed by atoms with Crippen LogP contribution >= 0.6 is 23.8 Å². The Bertz CT molecular complexity index is 1490. The van der Waals surface area contributed by atoms with E-state index in [4.69, 9.17) is 28.6 Å². The van der Waals surface area contributed by atoms with Crippen molar-refractivity contribution >= 4 is 40.6 Å². The standard InChI is InChI=1S/C28H25ClN4O3S/c1-16-14-21(17(2)32(16)20-10-7-18(8-11-20)27(35)36-3)26-25(22-6-4-5-13-30-22)31-28(37)33(26)23-15-19(29)9-12-24(23)34/h4-15,25-26,34H,1-3H3,(H,31,37). The second kappa shape index (κ2) is 9.88. The number of carbonyl (C=O) groups is 1. The number of rotatable bonds is 5. The Kier molecular flexibility index (Phi) is 6.62. The van der Waals surface area contributed by atoms with Gasteiger partial charge < -0.3 is 24.6 Å². The van der Waals surface area contributed by atoms with Crippen LogP contribution in [0.5, 0.6) is 5.75 Å². The number of aromatic nitrogens is 2. The lowest BCUT2D eigenvalue weighted by Gasteiger charge is -2.28. The largest absolute Gasteiger partial charge is 0.506 e. The predicted octanol–water partition coefficient (Wildman–Crippen LogP) is 5.81. The Morgan fingerprint density at radius 1 is 1.11 bits per heavy atom. The number of aryl methyl sites for hydroxylation is 1. The fourth-order valence-electron chi connectivity index (χ4n) is 4.97. The van der Waals surface area contributed by atoms with Gasteiger partial charge in [-0.1, -0.05) is 17.7 Å². The predicted molar refractivity (Wildman–Crippen MR) is 148 cm³/mol. The molecule has 37 heavy (non-hydrogen) atoms. The van der Waals surface area contributed by atoms with E-state index in [1.165, 1.54) is 7.11 Å². The van der Waals surface area contributed by atoms with Crippen LogP contribution in [0.3, 0.4) is 0 Å². The quantitative estimate of drug-likeness (QED) is 0.248. The van der Waals surface area contributed by atoms with Gasteiger partial charge in [-0.2, -0.15) is 0 Å². The highest BCUT2D eigenvalue weighted by Gasteiger charge is 2.43. The number of phenolic OH excluding ortho intramolecular Hbond substituents is 1. The molecule has 2 N–H and O–H groups in total. The summed E-state index contributed by atoms with van der Waals surface area (Å²) in [5.41, 5.74) is 5.74. The first-order valence-electron chi connectivity index (χ1n) is 11.7. The summed E-state index contributed by atoms with van der Waals surface area (Å²) >= 11 is 12.1. The van der Waals surface area contributed by atoms with Crippen molar-refractivity contribution in [2.45, 2.75) is 25.9 Å². The first-order valence-corrected chi connectivity index (χ1v) is 12.5. The summed E-state index contributed by atoms with van der Waals surface area (Å²) in [6, 6.07) is 19.5. The Morgan fingerprint density at radius 2 is 1.86 bits per heavy atom. The highest BCUT2D eigenvalue weighted by atomic mass is 35.5. The summed E-state index contributed by atoms with van der Waals surface area (Å²) in [7, 11) is 1.37. The molecule has 188 valence electrons. The molecule has 2 unspecified atom stereocenters. The Morgan fingerprint density at radius 3 is 2.54 bits per heavy atom. The molecule has 5 rings (SSSR count). The van der Waals surface area contributed by atoms with Crippen molar-refractivity contribution < 1.29 is 14.6 Å². The number of hydrogen-bond acceptors (Lipinski definition) is 5. The fraction of sp³-hybridized carbons (Fsp3) is 0.179. The second-order valence-corrected chi connectivity index (χ2v) is 9.65. The normalized spacial score (nSPS) is 17.1. The summed E-state index contributed by atoms with van der Waals surface area (Å²) in [4.78, 5) is 18.4. The van der Waals surface area contributed by atoms with Gasteiger partial charge in [0.25, 0.3) is 0 Å². The molecule has 1 aliphatic heterocycles. The number of ether oxygens (including phenoxy) is 1. The Hall–Kier alpha value is -3.88. The van der Waals surface area contributed by atoms with E-state index in [0.29, 0.717) is 21.4 Å². The van der Waals surface area contributed by atoms with E-state index in [-0.39, 0.29) is 23.8 Å². The first kappa shape index (κ1) is 24.8. The van der Waals surface area contributed by atoms with Gasteiger partial charge in [0.15, 0.2) is 5.11 Å². The van der Waals surface area contributed by atoms with Gasteiger partial charge in [-0.15, -0.1) is 0 Å². The molecule has 2 atom stereocenters. The van der Waals surface area contributed by atoms with Crippen LogP contribution in [-0.2, 0) is 4.74 Å². The van der Waals surface area contributed by atoms with E-state index in [1.807, 2.05) is 49.1 Å². The van der Waals surface area contributed by atoms with Crippen molar-refractivity contribution in [1.82, 2.24) is 14.9 Å². The number of methoxy groups -OCH3 is 1. The Labute approximate surface area is 225 Å². The molecule has 0 aliphatic carbocycles. The van der Waals surface area contributed by atoms with Gasteiger partial charge in [-0.3, -0.25) is 4.98 Å². The van der Waals surface area contributed by atoms with Crippen LogP contribution in [0.25, 0.3) is 5.69 Å². The fourth-order valence-corrected chi connectivity index (χ4v) is 5.47. The highest BCUT2D eigenvalue weighted by molar-refractivity contribution is 7.80. The first-order chi connectivity index (χ1) is 17.8. The lowest BCUT2D eigenvalue weighted by molar-refractivity contribution is 0.0600. The minimum absolute atomic E-state index is 0.0763. The van der Waals surface area contributed by atoms with Gasteiger partial charge in [-0.25, -0.2) is 4.79 Å². The number of benzene rings is 2. The van der Waals surface area contributed by atoms with Crippen molar-refractivity contribution in [3.8, 4) is 11.4 Å². The lowest BCUT2D eigenvalue weighted by Crippen LogP contribution is -2.29. The van der Waals surface area contributed by atoms with Crippen LogP contribution in [0.15, 0.2) is 72.9 Å². The molecule has 0 amide bonds. The molecule has 1 aliphatic rings. The molecule has 1 saturated heterocycles. The number of anilines is 1. The van der Waals surface area contributed by atoms with E-state index in [0.717, 1.165) is 28.3 Å². The molecule has 0 spiro atoms. The third-order valence-corrected chi connectivity index (χ3v) is 7.18. The lowest BCUT2D eigenvalue weighted by atomic mass is 9.96. The number of esters is 1. The van der Waals surface area contributed by atoms with E-state index < -0.39 is 0 Å². The van der Waals surface area contributed by atoms with Crippen LogP contribution < -0.4 is 10.2 Å². The zero-order chi connectivity index (χ0) is 26.3. The maximum Gasteiger partial charge on any atom is 0.337 e. The number of nitrogens with one attached hydrogen (secondary N) is 1. The number of phenols is 1. The molecule has 0 radical (unpaired) electrons. The van der Waals surface area contributed by atoms with Crippen LogP contribution in [-0.4, -0.2) is 32.8 Å².